The minimum atomic E-state index is -0.718. The van der Waals surface area contributed by atoms with E-state index in [0.717, 1.165) is 48.1 Å². The van der Waals surface area contributed by atoms with Gasteiger partial charge in [-0.1, -0.05) is 48.7 Å². The third-order valence-electron chi connectivity index (χ3n) is 4.77. The maximum Gasteiger partial charge on any atom is 0.311 e. The Kier molecular flexibility index (Phi) is 4.67. The highest BCUT2D eigenvalue weighted by atomic mass is 35.5. The van der Waals surface area contributed by atoms with E-state index in [1.807, 2.05) is 37.3 Å². The summed E-state index contributed by atoms with van der Waals surface area (Å²) in [5.74, 6) is -0.857. The molecule has 0 unspecified atom stereocenters. The molecule has 1 saturated carbocycles. The van der Waals surface area contributed by atoms with Crippen LogP contribution in [0.25, 0.3) is 11.1 Å². The molecule has 1 atom stereocenters. The zero-order chi connectivity index (χ0) is 16.4. The first-order chi connectivity index (χ1) is 11.1. The molecule has 0 aliphatic heterocycles. The number of aromatic nitrogens is 1. The molecular formula is C19H20ClNO2. The van der Waals surface area contributed by atoms with Gasteiger partial charge in [-0.3, -0.25) is 9.78 Å². The SMILES string of the molecule is Cc1ncc(-c2ccc([C@H](C(=O)O)C3CCCC3)cc2)cc1Cl. The van der Waals surface area contributed by atoms with E-state index in [2.05, 4.69) is 4.98 Å². The molecular weight excluding hydrogens is 310 g/mol. The number of carboxylic acids is 1. The second-order valence-corrected chi connectivity index (χ2v) is 6.68. The summed E-state index contributed by atoms with van der Waals surface area (Å²) in [4.78, 5) is 16.0. The predicted molar refractivity (Wildman–Crippen MR) is 91.8 cm³/mol. The van der Waals surface area contributed by atoms with E-state index in [9.17, 15) is 9.90 Å². The molecule has 0 saturated heterocycles. The van der Waals surface area contributed by atoms with Gasteiger partial charge in [-0.05, 0) is 42.9 Å². The lowest BCUT2D eigenvalue weighted by Gasteiger charge is -2.20. The van der Waals surface area contributed by atoms with E-state index in [1.165, 1.54) is 0 Å². The molecule has 1 N–H and O–H groups in total. The van der Waals surface area contributed by atoms with Gasteiger partial charge in [-0.15, -0.1) is 0 Å². The van der Waals surface area contributed by atoms with Crippen molar-refractivity contribution in [2.45, 2.75) is 38.5 Å². The number of aryl methyl sites for hydroxylation is 1. The van der Waals surface area contributed by atoms with Crippen molar-refractivity contribution in [3.05, 3.63) is 52.8 Å². The second kappa shape index (κ2) is 6.71. The molecule has 23 heavy (non-hydrogen) atoms. The number of hydrogen-bond acceptors (Lipinski definition) is 2. The molecule has 3 rings (SSSR count). The van der Waals surface area contributed by atoms with Crippen LogP contribution in [-0.4, -0.2) is 16.1 Å². The number of rotatable bonds is 4. The molecule has 1 aliphatic rings. The van der Waals surface area contributed by atoms with Crippen molar-refractivity contribution < 1.29 is 9.90 Å². The van der Waals surface area contributed by atoms with Gasteiger partial charge in [0.1, 0.15) is 0 Å². The normalized spacial score (nSPS) is 16.4. The largest absolute Gasteiger partial charge is 0.481 e. The summed E-state index contributed by atoms with van der Waals surface area (Å²) in [6.07, 6.45) is 6.09. The van der Waals surface area contributed by atoms with E-state index in [4.69, 9.17) is 11.6 Å². The van der Waals surface area contributed by atoms with E-state index in [1.54, 1.807) is 6.20 Å². The van der Waals surface area contributed by atoms with Crippen LogP contribution in [0.1, 0.15) is 42.9 Å². The Morgan fingerprint density at radius 2 is 1.87 bits per heavy atom. The zero-order valence-electron chi connectivity index (χ0n) is 13.1. The number of aliphatic carboxylic acids is 1. The molecule has 1 aliphatic carbocycles. The van der Waals surface area contributed by atoms with E-state index < -0.39 is 11.9 Å². The van der Waals surface area contributed by atoms with Crippen molar-refractivity contribution in [3.63, 3.8) is 0 Å². The standard InChI is InChI=1S/C19H20ClNO2/c1-12-17(20)10-16(11-21-12)13-6-8-15(9-7-13)18(19(22)23)14-4-2-3-5-14/h6-11,14,18H,2-5H2,1H3,(H,22,23)/t18-/m1/s1. The van der Waals surface area contributed by atoms with Crippen molar-refractivity contribution in [3.8, 4) is 11.1 Å². The average Bonchev–Trinajstić information content (AvgIpc) is 3.04. The van der Waals surface area contributed by atoms with Crippen LogP contribution in [0.2, 0.25) is 5.02 Å². The monoisotopic (exact) mass is 329 g/mol. The van der Waals surface area contributed by atoms with Gasteiger partial charge in [0.05, 0.1) is 16.6 Å². The Balaban J connectivity index is 1.88. The minimum Gasteiger partial charge on any atom is -0.481 e. The van der Waals surface area contributed by atoms with Gasteiger partial charge in [0.15, 0.2) is 0 Å². The van der Waals surface area contributed by atoms with Gasteiger partial charge in [-0.25, -0.2) is 0 Å². The van der Waals surface area contributed by atoms with Gasteiger partial charge in [0.2, 0.25) is 0 Å². The summed E-state index contributed by atoms with van der Waals surface area (Å²) in [6, 6.07) is 9.68. The molecule has 0 spiro atoms. The fourth-order valence-corrected chi connectivity index (χ4v) is 3.62. The molecule has 120 valence electrons. The van der Waals surface area contributed by atoms with Crippen LogP contribution in [0, 0.1) is 12.8 Å². The number of halogens is 1. The highest BCUT2D eigenvalue weighted by Crippen LogP contribution is 2.38. The summed E-state index contributed by atoms with van der Waals surface area (Å²) in [5, 5.41) is 10.3. The van der Waals surface area contributed by atoms with Crippen molar-refractivity contribution in [2.24, 2.45) is 5.92 Å². The predicted octanol–water partition coefficient (Wildman–Crippen LogP) is 5.07. The summed E-state index contributed by atoms with van der Waals surface area (Å²) in [5.41, 5.74) is 3.64. The van der Waals surface area contributed by atoms with Gasteiger partial charge in [0.25, 0.3) is 0 Å². The average molecular weight is 330 g/mol. The van der Waals surface area contributed by atoms with Crippen molar-refractivity contribution >= 4 is 17.6 Å². The second-order valence-electron chi connectivity index (χ2n) is 6.27. The summed E-state index contributed by atoms with van der Waals surface area (Å²) in [6.45, 7) is 1.87. The minimum absolute atomic E-state index is 0.258. The molecule has 4 heteroatoms. The quantitative estimate of drug-likeness (QED) is 0.852. The van der Waals surface area contributed by atoms with Crippen molar-refractivity contribution in [1.82, 2.24) is 4.98 Å². The Morgan fingerprint density at radius 3 is 2.43 bits per heavy atom. The lowest BCUT2D eigenvalue weighted by Crippen LogP contribution is -2.19. The number of carboxylic acid groups (broad SMARTS) is 1. The van der Waals surface area contributed by atoms with Gasteiger partial charge in [-0.2, -0.15) is 0 Å². The van der Waals surface area contributed by atoms with E-state index in [0.29, 0.717) is 5.02 Å². The molecule has 1 fully saturated rings. The zero-order valence-corrected chi connectivity index (χ0v) is 13.9. The number of carbonyl (C=O) groups is 1. The highest BCUT2D eigenvalue weighted by Gasteiger charge is 2.31. The molecule has 0 bridgehead atoms. The first kappa shape index (κ1) is 16.0. The summed E-state index contributed by atoms with van der Waals surface area (Å²) < 4.78 is 0. The Labute approximate surface area is 141 Å². The van der Waals surface area contributed by atoms with E-state index in [-0.39, 0.29) is 5.92 Å². The molecule has 1 aromatic carbocycles. The third kappa shape index (κ3) is 3.40. The third-order valence-corrected chi connectivity index (χ3v) is 5.15. The molecule has 1 heterocycles. The summed E-state index contributed by atoms with van der Waals surface area (Å²) >= 11 is 6.13. The number of pyridine rings is 1. The Morgan fingerprint density at radius 1 is 1.22 bits per heavy atom. The first-order valence-electron chi connectivity index (χ1n) is 8.01. The van der Waals surface area contributed by atoms with Crippen LogP contribution in [0.15, 0.2) is 36.5 Å². The van der Waals surface area contributed by atoms with Crippen LogP contribution in [0.3, 0.4) is 0 Å². The number of nitrogens with zero attached hydrogens (tertiary/aromatic N) is 1. The van der Waals surface area contributed by atoms with Crippen LogP contribution in [-0.2, 0) is 4.79 Å². The fraction of sp³-hybridized carbons (Fsp3) is 0.368. The fourth-order valence-electron chi connectivity index (χ4n) is 3.45. The molecule has 3 nitrogen and oxygen atoms in total. The van der Waals surface area contributed by atoms with Crippen LogP contribution < -0.4 is 0 Å². The Bertz CT molecular complexity index is 706. The van der Waals surface area contributed by atoms with Gasteiger partial charge >= 0.3 is 5.97 Å². The van der Waals surface area contributed by atoms with Gasteiger partial charge in [0, 0.05) is 11.8 Å². The molecule has 0 radical (unpaired) electrons. The maximum absolute atomic E-state index is 11.7. The smallest absolute Gasteiger partial charge is 0.311 e. The van der Waals surface area contributed by atoms with E-state index >= 15 is 0 Å². The van der Waals surface area contributed by atoms with Crippen LogP contribution in [0.4, 0.5) is 0 Å². The topological polar surface area (TPSA) is 50.2 Å². The number of benzene rings is 1. The summed E-state index contributed by atoms with van der Waals surface area (Å²) in [7, 11) is 0. The number of hydrogen-bond donors (Lipinski definition) is 1. The maximum atomic E-state index is 11.7. The first-order valence-corrected chi connectivity index (χ1v) is 8.39. The molecule has 0 amide bonds. The lowest BCUT2D eigenvalue weighted by molar-refractivity contribution is -0.140. The van der Waals surface area contributed by atoms with Crippen LogP contribution >= 0.6 is 11.6 Å². The lowest BCUT2D eigenvalue weighted by atomic mass is 9.84. The van der Waals surface area contributed by atoms with Crippen molar-refractivity contribution in [2.75, 3.05) is 0 Å². The van der Waals surface area contributed by atoms with Gasteiger partial charge < -0.3 is 5.11 Å². The van der Waals surface area contributed by atoms with Crippen LogP contribution in [0.5, 0.6) is 0 Å². The van der Waals surface area contributed by atoms with Crippen molar-refractivity contribution in [1.29, 1.82) is 0 Å². The highest BCUT2D eigenvalue weighted by molar-refractivity contribution is 6.31. The Hall–Kier alpha value is -1.87. The molecule has 2 aromatic rings. The molecule has 1 aromatic heterocycles.